The maximum absolute atomic E-state index is 13.3. The van der Waals surface area contributed by atoms with Gasteiger partial charge in [-0.3, -0.25) is 14.4 Å². The fraction of sp³-hybridized carbons (Fsp3) is 0.750. The second-order valence-electron chi connectivity index (χ2n) is 11.8. The molecule has 0 aliphatic heterocycles. The lowest BCUT2D eigenvalue weighted by molar-refractivity contribution is -0.235. The fourth-order valence-electron chi connectivity index (χ4n) is 7.76. The molecule has 0 amide bonds. The Hall–Kier alpha value is -2.03. The van der Waals surface area contributed by atoms with Gasteiger partial charge in [-0.25, -0.2) is 0 Å². The Labute approximate surface area is 212 Å². The summed E-state index contributed by atoms with van der Waals surface area (Å²) in [6.07, 6.45) is 3.65. The second-order valence-corrected chi connectivity index (χ2v) is 11.8. The van der Waals surface area contributed by atoms with Crippen molar-refractivity contribution >= 4 is 17.7 Å². The Bertz CT molecular complexity index is 1030. The van der Waals surface area contributed by atoms with E-state index in [2.05, 4.69) is 0 Å². The van der Waals surface area contributed by atoms with Crippen LogP contribution in [0.25, 0.3) is 0 Å². The Morgan fingerprint density at radius 2 is 1.67 bits per heavy atom. The van der Waals surface area contributed by atoms with E-state index in [1.54, 1.807) is 26.0 Å². The standard InChI is InChI=1S/C28H40O8/c1-7-9-20(30)35-27-16(4)24(33)28(36-21(31)10-8-2)22(25(28,5)6)18(27)12-17(14-29)13-26(34)19(27)11-15(3)23(26)32/h11-12,16,18-19,22,24,29,33-34H,7-10,13-14H2,1-6H3/t16-,18+,19-,22-,24-,26-,27-,28-/m1/s1. The van der Waals surface area contributed by atoms with Crippen molar-refractivity contribution in [3.8, 4) is 0 Å². The molecule has 36 heavy (non-hydrogen) atoms. The topological polar surface area (TPSA) is 130 Å². The van der Waals surface area contributed by atoms with Crippen molar-refractivity contribution in [1.29, 1.82) is 0 Å². The van der Waals surface area contributed by atoms with E-state index in [0.717, 1.165) is 0 Å². The van der Waals surface area contributed by atoms with Gasteiger partial charge in [-0.2, -0.15) is 0 Å². The smallest absolute Gasteiger partial charge is 0.306 e. The molecule has 4 aliphatic carbocycles. The first kappa shape index (κ1) is 27.0. The zero-order chi connectivity index (χ0) is 26.8. The average molecular weight is 505 g/mol. The van der Waals surface area contributed by atoms with Crippen molar-refractivity contribution in [1.82, 2.24) is 0 Å². The minimum Gasteiger partial charge on any atom is -0.457 e. The van der Waals surface area contributed by atoms with Crippen LogP contribution in [0.4, 0.5) is 0 Å². The second kappa shape index (κ2) is 8.77. The summed E-state index contributed by atoms with van der Waals surface area (Å²) in [6.45, 7) is 10.5. The number of fused-ring (bicyclic) bond motifs is 5. The molecule has 200 valence electrons. The summed E-state index contributed by atoms with van der Waals surface area (Å²) in [6, 6.07) is 0. The monoisotopic (exact) mass is 504 g/mol. The van der Waals surface area contributed by atoms with Crippen molar-refractivity contribution < 1.29 is 39.2 Å². The van der Waals surface area contributed by atoms with Crippen molar-refractivity contribution in [3.05, 3.63) is 23.3 Å². The van der Waals surface area contributed by atoms with Gasteiger partial charge in [-0.15, -0.1) is 0 Å². The third-order valence-electron chi connectivity index (χ3n) is 9.43. The summed E-state index contributed by atoms with van der Waals surface area (Å²) in [7, 11) is 0. The van der Waals surface area contributed by atoms with Gasteiger partial charge in [0.05, 0.1) is 12.5 Å². The molecule has 0 heterocycles. The summed E-state index contributed by atoms with van der Waals surface area (Å²) in [4.78, 5) is 39.1. The van der Waals surface area contributed by atoms with Crippen molar-refractivity contribution in [2.75, 3.05) is 6.61 Å². The molecule has 8 nitrogen and oxygen atoms in total. The number of ether oxygens (including phenoxy) is 2. The molecule has 0 aromatic carbocycles. The van der Waals surface area contributed by atoms with E-state index in [1.807, 2.05) is 27.7 Å². The van der Waals surface area contributed by atoms with Crippen LogP contribution in [0.15, 0.2) is 23.3 Å². The van der Waals surface area contributed by atoms with Crippen LogP contribution in [0.5, 0.6) is 0 Å². The zero-order valence-electron chi connectivity index (χ0n) is 22.2. The minimum atomic E-state index is -1.92. The van der Waals surface area contributed by atoms with Crippen LogP contribution in [-0.4, -0.2) is 62.6 Å². The predicted octanol–water partition coefficient (Wildman–Crippen LogP) is 2.63. The van der Waals surface area contributed by atoms with Gasteiger partial charge in [-0.05, 0) is 30.9 Å². The van der Waals surface area contributed by atoms with E-state index in [-0.39, 0.29) is 25.9 Å². The number of ketones is 1. The van der Waals surface area contributed by atoms with Gasteiger partial charge < -0.3 is 24.8 Å². The molecule has 0 aromatic heterocycles. The molecule has 0 unspecified atom stereocenters. The summed E-state index contributed by atoms with van der Waals surface area (Å²) in [5, 5.41) is 34.0. The molecule has 0 saturated heterocycles. The molecular weight excluding hydrogens is 464 g/mol. The highest BCUT2D eigenvalue weighted by Gasteiger charge is 2.87. The SMILES string of the molecule is CCCC(=O)O[C@]12[C@H](C)[C@@H](O)[C@]3(OC(=O)CCC)[C@H]([C@@H]1C=C(CO)C[C@]1(O)C(=O)C(C)=C[C@@H]21)C3(C)C. The van der Waals surface area contributed by atoms with E-state index in [0.29, 0.717) is 24.0 Å². The lowest BCUT2D eigenvalue weighted by Gasteiger charge is -2.54. The number of hydrogen-bond acceptors (Lipinski definition) is 8. The van der Waals surface area contributed by atoms with Gasteiger partial charge in [0.1, 0.15) is 22.9 Å². The van der Waals surface area contributed by atoms with Gasteiger partial charge in [-0.1, -0.05) is 46.8 Å². The normalized spacial score (nSPS) is 42.2. The van der Waals surface area contributed by atoms with Crippen LogP contribution in [0, 0.1) is 29.1 Å². The van der Waals surface area contributed by atoms with Gasteiger partial charge in [0.15, 0.2) is 5.78 Å². The number of carbonyl (C=O) groups excluding carboxylic acids is 3. The van der Waals surface area contributed by atoms with E-state index >= 15 is 0 Å². The highest BCUT2D eigenvalue weighted by Crippen LogP contribution is 2.77. The van der Waals surface area contributed by atoms with Crippen molar-refractivity contribution in [2.24, 2.45) is 29.1 Å². The van der Waals surface area contributed by atoms with Crippen LogP contribution in [0.3, 0.4) is 0 Å². The molecule has 8 heteroatoms. The third-order valence-corrected chi connectivity index (χ3v) is 9.43. The number of hydrogen-bond donors (Lipinski definition) is 3. The lowest BCUT2D eigenvalue weighted by atomic mass is 9.58. The third kappa shape index (κ3) is 3.33. The summed E-state index contributed by atoms with van der Waals surface area (Å²) >= 11 is 0. The first-order valence-corrected chi connectivity index (χ1v) is 13.2. The van der Waals surface area contributed by atoms with Gasteiger partial charge in [0.25, 0.3) is 0 Å². The Morgan fingerprint density at radius 3 is 2.22 bits per heavy atom. The lowest BCUT2D eigenvalue weighted by Crippen LogP contribution is -2.67. The van der Waals surface area contributed by atoms with Crippen molar-refractivity contribution in [3.63, 3.8) is 0 Å². The van der Waals surface area contributed by atoms with Gasteiger partial charge >= 0.3 is 11.9 Å². The molecule has 2 saturated carbocycles. The first-order chi connectivity index (χ1) is 16.8. The van der Waals surface area contributed by atoms with Crippen LogP contribution < -0.4 is 0 Å². The molecule has 4 aliphatic rings. The van der Waals surface area contributed by atoms with Gasteiger partial charge in [0, 0.05) is 42.4 Å². The van der Waals surface area contributed by atoms with E-state index in [1.165, 1.54) is 0 Å². The maximum atomic E-state index is 13.3. The quantitative estimate of drug-likeness (QED) is 0.356. The first-order valence-electron chi connectivity index (χ1n) is 13.2. The molecule has 0 radical (unpaired) electrons. The molecule has 3 N–H and O–H groups in total. The zero-order valence-corrected chi connectivity index (χ0v) is 22.2. The highest BCUT2D eigenvalue weighted by atomic mass is 16.6. The van der Waals surface area contributed by atoms with E-state index < -0.39 is 69.7 Å². The van der Waals surface area contributed by atoms with Crippen LogP contribution in [0.1, 0.15) is 73.6 Å². The minimum absolute atomic E-state index is 0.108. The number of Topliss-reactive ketones (excluding diaryl/α,β-unsaturated/α-hetero) is 1. The van der Waals surface area contributed by atoms with E-state index in [4.69, 9.17) is 9.47 Å². The van der Waals surface area contributed by atoms with Gasteiger partial charge in [0.2, 0.25) is 0 Å². The maximum Gasteiger partial charge on any atom is 0.306 e. The van der Waals surface area contributed by atoms with Crippen LogP contribution >= 0.6 is 0 Å². The number of esters is 2. The average Bonchev–Trinajstić information content (AvgIpc) is 3.24. The van der Waals surface area contributed by atoms with Crippen molar-refractivity contribution in [2.45, 2.75) is 96.6 Å². The highest BCUT2D eigenvalue weighted by molar-refractivity contribution is 6.05. The van der Waals surface area contributed by atoms with Crippen LogP contribution in [0.2, 0.25) is 0 Å². The Morgan fingerprint density at radius 1 is 1.08 bits per heavy atom. The Kier molecular flexibility index (Phi) is 6.59. The number of aliphatic hydroxyl groups is 3. The number of carbonyl (C=O) groups is 3. The summed E-state index contributed by atoms with van der Waals surface area (Å²) in [5.74, 6) is -4.16. The molecule has 0 aromatic rings. The molecule has 4 rings (SSSR count). The molecular formula is C28H40O8. The Balaban J connectivity index is 1.96. The largest absolute Gasteiger partial charge is 0.457 e. The number of aliphatic hydroxyl groups excluding tert-OH is 2. The predicted molar refractivity (Wildman–Crippen MR) is 130 cm³/mol. The summed E-state index contributed by atoms with van der Waals surface area (Å²) < 4.78 is 12.4. The van der Waals surface area contributed by atoms with E-state index in [9.17, 15) is 29.7 Å². The van der Waals surface area contributed by atoms with Crippen LogP contribution in [-0.2, 0) is 23.9 Å². The molecule has 0 spiro atoms. The molecule has 8 atom stereocenters. The molecule has 0 bridgehead atoms. The number of rotatable bonds is 7. The fourth-order valence-corrected chi connectivity index (χ4v) is 7.76. The molecule has 2 fully saturated rings. The summed E-state index contributed by atoms with van der Waals surface area (Å²) in [5.41, 5.74) is -4.50.